The first kappa shape index (κ1) is 41.5. The molecule has 8 nitrogen and oxygen atoms in total. The third kappa shape index (κ3) is 6.83. The zero-order valence-electron chi connectivity index (χ0n) is 35.6. The Morgan fingerprint density at radius 2 is 1.60 bits per heavy atom. The lowest BCUT2D eigenvalue weighted by Gasteiger charge is -2.72. The summed E-state index contributed by atoms with van der Waals surface area (Å²) in [6, 6.07) is 13.0. The highest BCUT2D eigenvalue weighted by atomic mass is 16.5. The molecule has 310 valence electrons. The summed E-state index contributed by atoms with van der Waals surface area (Å²) in [4.78, 5) is 40.7. The molecule has 0 radical (unpaired) electrons. The molecule has 5 fully saturated rings. The number of esters is 1. The smallest absolute Gasteiger partial charge is 0.328 e. The van der Waals surface area contributed by atoms with Crippen molar-refractivity contribution >= 4 is 17.8 Å². The molecule has 5 aliphatic carbocycles. The molecule has 0 aliphatic heterocycles. The van der Waals surface area contributed by atoms with Crippen molar-refractivity contribution in [3.8, 4) is 5.75 Å². The normalized spacial score (nSPS) is 37.0. The molecule has 11 atom stereocenters. The lowest BCUT2D eigenvalue weighted by molar-refractivity contribution is -0.246. The second-order valence-corrected chi connectivity index (χ2v) is 20.3. The first-order chi connectivity index (χ1) is 26.9. The van der Waals surface area contributed by atoms with Gasteiger partial charge in [0.2, 0.25) is 5.91 Å². The molecule has 57 heavy (non-hydrogen) atoms. The maximum atomic E-state index is 14.7. The fraction of sp³-hybridized carbons (Fsp3) is 0.653. The van der Waals surface area contributed by atoms with E-state index in [1.54, 1.807) is 30.3 Å². The van der Waals surface area contributed by atoms with Crippen LogP contribution in [0.2, 0.25) is 0 Å². The van der Waals surface area contributed by atoms with Crippen molar-refractivity contribution in [3.63, 3.8) is 0 Å². The Bertz CT molecular complexity index is 1870. The molecule has 5 saturated carbocycles. The Morgan fingerprint density at radius 1 is 0.860 bits per heavy atom. The summed E-state index contributed by atoms with van der Waals surface area (Å²) < 4.78 is 4.98. The van der Waals surface area contributed by atoms with Gasteiger partial charge < -0.3 is 25.6 Å². The SMILES string of the molecule is C=C(C)[C@@H]1CC[C@]2(C(=O)NCCc3cccc(C(=O)NC(Cc4ccc(O)cc4)C(=O)OC)c3)CC[C@]3(C)C(CCC4[C@@]5(C)CC[C@H](O)C(C)(C)C5CC[C@]43C)C12. The molecule has 5 unspecified atom stereocenters. The summed E-state index contributed by atoms with van der Waals surface area (Å²) in [5.74, 6) is 1.61. The van der Waals surface area contributed by atoms with Gasteiger partial charge in [0.1, 0.15) is 11.8 Å². The predicted octanol–water partition coefficient (Wildman–Crippen LogP) is 8.58. The summed E-state index contributed by atoms with van der Waals surface area (Å²) >= 11 is 0. The van der Waals surface area contributed by atoms with Crippen LogP contribution in [-0.2, 0) is 27.2 Å². The summed E-state index contributed by atoms with van der Waals surface area (Å²) in [6.07, 6.45) is 11.2. The number of phenolic OH excluding ortho intramolecular Hbond substituents is 1. The van der Waals surface area contributed by atoms with E-state index in [9.17, 15) is 24.6 Å². The summed E-state index contributed by atoms with van der Waals surface area (Å²) in [5, 5.41) is 27.0. The molecule has 2 aromatic rings. The van der Waals surface area contributed by atoms with Gasteiger partial charge in [-0.05, 0) is 164 Å². The van der Waals surface area contributed by atoms with Crippen molar-refractivity contribution in [2.45, 2.75) is 131 Å². The molecule has 0 aromatic heterocycles. The first-order valence-electron chi connectivity index (χ1n) is 21.8. The third-order valence-corrected chi connectivity index (χ3v) is 17.6. The second-order valence-electron chi connectivity index (χ2n) is 20.3. The minimum absolute atomic E-state index is 0.0703. The van der Waals surface area contributed by atoms with E-state index in [2.05, 4.69) is 58.8 Å². The van der Waals surface area contributed by atoms with Crippen LogP contribution >= 0.6 is 0 Å². The zero-order chi connectivity index (χ0) is 41.1. The Hall–Kier alpha value is -3.65. The minimum Gasteiger partial charge on any atom is -0.508 e. The van der Waals surface area contributed by atoms with Crippen LogP contribution < -0.4 is 10.6 Å². The number of phenols is 1. The number of benzene rings is 2. The fourth-order valence-electron chi connectivity index (χ4n) is 14.3. The number of amides is 2. The highest BCUT2D eigenvalue weighted by Gasteiger charge is 2.71. The lowest BCUT2D eigenvalue weighted by atomic mass is 9.32. The molecule has 4 N–H and O–H groups in total. The molecule has 0 spiro atoms. The maximum absolute atomic E-state index is 14.7. The van der Waals surface area contributed by atoms with Gasteiger partial charge in [-0.15, -0.1) is 0 Å². The van der Waals surface area contributed by atoms with Gasteiger partial charge >= 0.3 is 5.97 Å². The van der Waals surface area contributed by atoms with E-state index in [0.29, 0.717) is 42.2 Å². The molecule has 2 aromatic carbocycles. The van der Waals surface area contributed by atoms with E-state index in [1.165, 1.54) is 31.9 Å². The molecule has 2 amide bonds. The average molecular weight is 781 g/mol. The van der Waals surface area contributed by atoms with Gasteiger partial charge in [0.15, 0.2) is 0 Å². The third-order valence-electron chi connectivity index (χ3n) is 17.6. The predicted molar refractivity (Wildman–Crippen MR) is 223 cm³/mol. The Kier molecular flexibility index (Phi) is 11.1. The van der Waals surface area contributed by atoms with Crippen LogP contribution in [0.4, 0.5) is 0 Å². The molecule has 7 rings (SSSR count). The van der Waals surface area contributed by atoms with Crippen molar-refractivity contribution in [3.05, 3.63) is 77.4 Å². The average Bonchev–Trinajstić information content (AvgIpc) is 3.58. The van der Waals surface area contributed by atoms with Crippen molar-refractivity contribution < 1.29 is 29.3 Å². The lowest BCUT2D eigenvalue weighted by Crippen LogP contribution is -2.67. The van der Waals surface area contributed by atoms with Crippen molar-refractivity contribution in [2.24, 2.45) is 56.7 Å². The van der Waals surface area contributed by atoms with Crippen LogP contribution in [0.3, 0.4) is 0 Å². The number of aliphatic hydroxyl groups excluding tert-OH is 1. The first-order valence-corrected chi connectivity index (χ1v) is 21.8. The molecule has 0 bridgehead atoms. The number of allylic oxidation sites excluding steroid dienone is 1. The molecular weight excluding hydrogens is 713 g/mol. The molecular formula is C49H68N2O6. The van der Waals surface area contributed by atoms with Crippen molar-refractivity contribution in [1.29, 1.82) is 0 Å². The number of aromatic hydroxyl groups is 1. The number of hydrogen-bond acceptors (Lipinski definition) is 6. The quantitative estimate of drug-likeness (QED) is 0.142. The van der Waals surface area contributed by atoms with Crippen LogP contribution in [0, 0.1) is 56.7 Å². The van der Waals surface area contributed by atoms with E-state index in [1.807, 2.05) is 18.2 Å². The molecule has 0 saturated heterocycles. The van der Waals surface area contributed by atoms with Crippen LogP contribution in [0.5, 0.6) is 5.75 Å². The van der Waals surface area contributed by atoms with Crippen LogP contribution in [0.1, 0.15) is 127 Å². The number of fused-ring (bicyclic) bond motifs is 7. The number of nitrogens with one attached hydrogen (secondary N) is 2. The highest BCUT2D eigenvalue weighted by molar-refractivity contribution is 5.97. The Balaban J connectivity index is 1.05. The Morgan fingerprint density at radius 3 is 2.30 bits per heavy atom. The number of carbonyl (C=O) groups is 3. The van der Waals surface area contributed by atoms with E-state index in [-0.39, 0.29) is 57.7 Å². The maximum Gasteiger partial charge on any atom is 0.328 e. The van der Waals surface area contributed by atoms with E-state index in [0.717, 1.165) is 56.1 Å². The van der Waals surface area contributed by atoms with Crippen molar-refractivity contribution in [2.75, 3.05) is 13.7 Å². The molecule has 8 heteroatoms. The van der Waals surface area contributed by atoms with Gasteiger partial charge in [-0.25, -0.2) is 4.79 Å². The number of hydrogen-bond donors (Lipinski definition) is 4. The van der Waals surface area contributed by atoms with Gasteiger partial charge in [0.25, 0.3) is 5.91 Å². The number of rotatable bonds is 10. The van der Waals surface area contributed by atoms with Gasteiger partial charge in [0, 0.05) is 18.5 Å². The second kappa shape index (κ2) is 15.2. The van der Waals surface area contributed by atoms with Crippen LogP contribution in [0.15, 0.2) is 60.7 Å². The molecule has 0 heterocycles. The van der Waals surface area contributed by atoms with Gasteiger partial charge in [-0.2, -0.15) is 0 Å². The van der Waals surface area contributed by atoms with Gasteiger partial charge in [-0.3, -0.25) is 9.59 Å². The highest BCUT2D eigenvalue weighted by Crippen LogP contribution is 2.77. The summed E-state index contributed by atoms with van der Waals surface area (Å²) in [6.45, 7) is 19.6. The topological polar surface area (TPSA) is 125 Å². The largest absolute Gasteiger partial charge is 0.508 e. The summed E-state index contributed by atoms with van der Waals surface area (Å²) in [7, 11) is 1.30. The zero-order valence-corrected chi connectivity index (χ0v) is 35.6. The number of carbonyl (C=O) groups excluding carboxylic acids is 3. The van der Waals surface area contributed by atoms with E-state index >= 15 is 0 Å². The molecule has 5 aliphatic rings. The number of aliphatic hydroxyl groups is 1. The minimum atomic E-state index is -0.891. The van der Waals surface area contributed by atoms with Crippen molar-refractivity contribution in [1.82, 2.24) is 10.6 Å². The van der Waals surface area contributed by atoms with Gasteiger partial charge in [-0.1, -0.05) is 71.0 Å². The number of ether oxygens (including phenoxy) is 1. The monoisotopic (exact) mass is 781 g/mol. The standard InChI is InChI=1S/C49H68N2O6/c1-30(2)35-18-24-49(26-25-47(6)36(41(35)49)16-17-39-46(5)22-20-40(53)45(3,4)38(46)19-23-48(39,47)7)44(56)50-27-21-31-10-9-11-33(28-31)42(54)51-37(43(55)57-8)29-32-12-14-34(52)15-13-32/h9-15,28,35-41,52-53H,1,16-27,29H2,2-8H3,(H,50,56)(H,51,54)/t35-,36?,37?,38?,39?,40-,41?,46-,47+,48+,49-/m0/s1. The van der Waals surface area contributed by atoms with Gasteiger partial charge in [0.05, 0.1) is 18.6 Å². The van der Waals surface area contributed by atoms with E-state index < -0.39 is 17.4 Å². The Labute approximate surface area is 341 Å². The summed E-state index contributed by atoms with van der Waals surface area (Å²) in [5.41, 5.74) is 3.42. The van der Waals surface area contributed by atoms with Crippen LogP contribution in [0.25, 0.3) is 0 Å². The number of methoxy groups -OCH3 is 1. The van der Waals surface area contributed by atoms with E-state index in [4.69, 9.17) is 4.74 Å². The fourth-order valence-corrected chi connectivity index (χ4v) is 14.3. The van der Waals surface area contributed by atoms with Crippen LogP contribution in [-0.4, -0.2) is 53.8 Å².